The Morgan fingerprint density at radius 2 is 1.79 bits per heavy atom. The third-order valence-electron chi connectivity index (χ3n) is 5.25. The first-order chi connectivity index (χ1) is 15.9. The van der Waals surface area contributed by atoms with Gasteiger partial charge in [-0.3, -0.25) is 14.6 Å². The van der Waals surface area contributed by atoms with Crippen molar-refractivity contribution in [3.8, 4) is 0 Å². The Labute approximate surface area is 191 Å². The minimum atomic E-state index is -3.77. The van der Waals surface area contributed by atoms with Crippen molar-refractivity contribution in [2.24, 2.45) is 0 Å². The van der Waals surface area contributed by atoms with Gasteiger partial charge in [0.05, 0.1) is 12.2 Å². The molecule has 1 aliphatic rings. The number of pyridine rings is 1. The number of carbonyl (C=O) groups is 2. The van der Waals surface area contributed by atoms with Crippen LogP contribution in [0.3, 0.4) is 0 Å². The maximum absolute atomic E-state index is 12.7. The summed E-state index contributed by atoms with van der Waals surface area (Å²) >= 11 is 0. The zero-order valence-electron chi connectivity index (χ0n) is 17.9. The number of hydrogen-bond acceptors (Lipinski definition) is 6. The molecule has 2 amide bonds. The Balaban J connectivity index is 1.40. The van der Waals surface area contributed by atoms with Crippen LogP contribution in [-0.2, 0) is 16.6 Å². The summed E-state index contributed by atoms with van der Waals surface area (Å²) in [5.41, 5.74) is 1.46. The van der Waals surface area contributed by atoms with E-state index in [4.69, 9.17) is 4.42 Å². The van der Waals surface area contributed by atoms with Gasteiger partial charge < -0.3 is 15.1 Å². The number of amides is 2. The van der Waals surface area contributed by atoms with Gasteiger partial charge in [-0.15, -0.1) is 0 Å². The van der Waals surface area contributed by atoms with Crippen LogP contribution >= 0.6 is 0 Å². The van der Waals surface area contributed by atoms with E-state index in [0.29, 0.717) is 24.3 Å². The van der Waals surface area contributed by atoms with Crippen molar-refractivity contribution in [2.75, 3.05) is 18.4 Å². The van der Waals surface area contributed by atoms with E-state index in [-0.39, 0.29) is 23.3 Å². The second-order valence-electron chi connectivity index (χ2n) is 7.62. The van der Waals surface area contributed by atoms with Gasteiger partial charge in [-0.05, 0) is 55.3 Å². The number of benzene rings is 1. The van der Waals surface area contributed by atoms with Gasteiger partial charge in [0.2, 0.25) is 5.09 Å². The smallest absolute Gasteiger partial charge is 0.291 e. The summed E-state index contributed by atoms with van der Waals surface area (Å²) in [6.07, 6.45) is 4.26. The van der Waals surface area contributed by atoms with Crippen LogP contribution < -0.4 is 10.6 Å². The van der Waals surface area contributed by atoms with Gasteiger partial charge in [0.25, 0.3) is 21.8 Å². The normalized spacial score (nSPS) is 14.5. The number of hydrogen-bond donors (Lipinski definition) is 2. The zero-order valence-corrected chi connectivity index (χ0v) is 18.7. The Morgan fingerprint density at radius 1 is 0.970 bits per heavy atom. The molecule has 0 atom stereocenters. The lowest BCUT2D eigenvalue weighted by atomic mass is 10.2. The van der Waals surface area contributed by atoms with Crippen LogP contribution in [0.4, 0.5) is 5.69 Å². The monoisotopic (exact) mass is 468 g/mol. The van der Waals surface area contributed by atoms with Gasteiger partial charge in [-0.25, -0.2) is 8.42 Å². The molecular formula is C23H24N4O5S. The third kappa shape index (κ3) is 5.47. The van der Waals surface area contributed by atoms with Crippen LogP contribution in [0.15, 0.2) is 70.3 Å². The molecule has 0 aliphatic carbocycles. The molecule has 0 spiro atoms. The van der Waals surface area contributed by atoms with Crippen molar-refractivity contribution in [1.82, 2.24) is 14.6 Å². The molecule has 0 radical (unpaired) electrons. The molecule has 9 nitrogen and oxygen atoms in total. The van der Waals surface area contributed by atoms with E-state index >= 15 is 0 Å². The summed E-state index contributed by atoms with van der Waals surface area (Å²) in [6, 6.07) is 14.5. The zero-order chi connectivity index (χ0) is 23.3. The average molecular weight is 469 g/mol. The Hall–Kier alpha value is -3.50. The highest BCUT2D eigenvalue weighted by Gasteiger charge is 2.29. The fraction of sp³-hybridized carbons (Fsp3) is 0.261. The number of rotatable bonds is 7. The molecule has 172 valence electrons. The highest BCUT2D eigenvalue weighted by molar-refractivity contribution is 7.89. The number of piperidine rings is 1. The molecule has 33 heavy (non-hydrogen) atoms. The Morgan fingerprint density at radius 3 is 2.55 bits per heavy atom. The van der Waals surface area contributed by atoms with Gasteiger partial charge in [0, 0.05) is 30.5 Å². The highest BCUT2D eigenvalue weighted by atomic mass is 32.2. The predicted molar refractivity (Wildman–Crippen MR) is 121 cm³/mol. The number of carbonyl (C=O) groups excluding carboxylic acids is 2. The molecule has 1 saturated heterocycles. The lowest BCUT2D eigenvalue weighted by Crippen LogP contribution is -2.35. The molecule has 1 aromatic carbocycles. The minimum absolute atomic E-state index is 0.129. The molecule has 10 heteroatoms. The molecule has 0 unspecified atom stereocenters. The van der Waals surface area contributed by atoms with Crippen LogP contribution in [0, 0.1) is 0 Å². The van der Waals surface area contributed by atoms with E-state index in [1.54, 1.807) is 36.5 Å². The second kappa shape index (κ2) is 9.97. The van der Waals surface area contributed by atoms with E-state index < -0.39 is 15.9 Å². The van der Waals surface area contributed by atoms with Crippen molar-refractivity contribution in [3.05, 3.63) is 77.8 Å². The Bertz CT molecular complexity index is 1230. The van der Waals surface area contributed by atoms with Crippen LogP contribution in [0.5, 0.6) is 0 Å². The quantitative estimate of drug-likeness (QED) is 0.550. The molecule has 3 heterocycles. The van der Waals surface area contributed by atoms with Crippen molar-refractivity contribution < 1.29 is 22.4 Å². The van der Waals surface area contributed by atoms with E-state index in [2.05, 4.69) is 15.6 Å². The van der Waals surface area contributed by atoms with E-state index in [1.165, 1.54) is 22.5 Å². The summed E-state index contributed by atoms with van der Waals surface area (Å²) in [5, 5.41) is 5.16. The average Bonchev–Trinajstić information content (AvgIpc) is 3.35. The molecule has 0 saturated carbocycles. The van der Waals surface area contributed by atoms with Crippen molar-refractivity contribution in [2.45, 2.75) is 30.9 Å². The third-order valence-corrected chi connectivity index (χ3v) is 7.03. The van der Waals surface area contributed by atoms with E-state index in [9.17, 15) is 18.0 Å². The molecule has 0 bridgehead atoms. The maximum atomic E-state index is 12.7. The summed E-state index contributed by atoms with van der Waals surface area (Å²) in [7, 11) is -3.77. The van der Waals surface area contributed by atoms with Crippen molar-refractivity contribution >= 4 is 27.5 Å². The summed E-state index contributed by atoms with van der Waals surface area (Å²) in [6.45, 7) is 1.16. The molecule has 1 fully saturated rings. The topological polar surface area (TPSA) is 122 Å². The fourth-order valence-electron chi connectivity index (χ4n) is 3.52. The van der Waals surface area contributed by atoms with Gasteiger partial charge in [-0.1, -0.05) is 18.6 Å². The van der Waals surface area contributed by atoms with Gasteiger partial charge >= 0.3 is 0 Å². The van der Waals surface area contributed by atoms with E-state index in [0.717, 1.165) is 25.0 Å². The number of aromatic nitrogens is 1. The molecule has 1 aliphatic heterocycles. The summed E-state index contributed by atoms with van der Waals surface area (Å²) < 4.78 is 32.2. The number of nitrogens with one attached hydrogen (secondary N) is 2. The Kier molecular flexibility index (Phi) is 6.85. The standard InChI is InChI=1S/C23H24N4O5S/c28-22(25-16-19-8-2-3-12-24-19)17-7-6-9-18(15-17)26-23(29)20-10-11-21(32-20)33(30,31)27-13-4-1-5-14-27/h2-3,6-12,15H,1,4-5,13-14,16H2,(H,25,28)(H,26,29). The first-order valence-electron chi connectivity index (χ1n) is 10.6. The van der Waals surface area contributed by atoms with Gasteiger partial charge in [0.1, 0.15) is 0 Å². The minimum Gasteiger partial charge on any atom is -0.438 e. The predicted octanol–water partition coefficient (Wildman–Crippen LogP) is 3.03. The lowest BCUT2D eigenvalue weighted by molar-refractivity contribution is 0.0948. The first-order valence-corrected chi connectivity index (χ1v) is 12.1. The maximum Gasteiger partial charge on any atom is 0.291 e. The number of anilines is 1. The molecule has 2 aromatic heterocycles. The molecule has 2 N–H and O–H groups in total. The van der Waals surface area contributed by atoms with E-state index in [1.807, 2.05) is 6.07 Å². The van der Waals surface area contributed by atoms with Crippen LogP contribution in [0.2, 0.25) is 0 Å². The van der Waals surface area contributed by atoms with Crippen LogP contribution in [0.25, 0.3) is 0 Å². The summed E-state index contributed by atoms with van der Waals surface area (Å²) in [5.74, 6) is -1.05. The van der Waals surface area contributed by atoms with Gasteiger partial charge in [0.15, 0.2) is 5.76 Å². The molecule has 3 aromatic rings. The van der Waals surface area contributed by atoms with Crippen molar-refractivity contribution in [1.29, 1.82) is 0 Å². The lowest BCUT2D eigenvalue weighted by Gasteiger charge is -2.24. The first kappa shape index (κ1) is 22.7. The van der Waals surface area contributed by atoms with Gasteiger partial charge in [-0.2, -0.15) is 4.31 Å². The largest absolute Gasteiger partial charge is 0.438 e. The van der Waals surface area contributed by atoms with Crippen molar-refractivity contribution in [3.63, 3.8) is 0 Å². The molecular weight excluding hydrogens is 444 g/mol. The number of furan rings is 1. The highest BCUT2D eigenvalue weighted by Crippen LogP contribution is 2.23. The van der Waals surface area contributed by atoms with Crippen LogP contribution in [-0.4, -0.2) is 42.6 Å². The SMILES string of the molecule is O=C(NCc1ccccn1)c1cccc(NC(=O)c2ccc(S(=O)(=O)N3CCCCC3)o2)c1. The molecule has 4 rings (SSSR count). The number of nitrogens with zero attached hydrogens (tertiary/aromatic N) is 2. The number of sulfonamides is 1. The fourth-order valence-corrected chi connectivity index (χ4v) is 4.95. The van der Waals surface area contributed by atoms with Crippen LogP contribution in [0.1, 0.15) is 45.9 Å². The second-order valence-corrected chi connectivity index (χ2v) is 9.49. The summed E-state index contributed by atoms with van der Waals surface area (Å²) in [4.78, 5) is 29.2.